The second kappa shape index (κ2) is 3.90. The molecule has 0 spiro atoms. The average molecular weight is 185 g/mol. The number of nitrogens with two attached hydrogens (primary N) is 2. The highest BCUT2D eigenvalue weighted by molar-refractivity contribution is 6.31. The molecule has 0 unspecified atom stereocenters. The molecule has 66 valence electrons. The molecule has 0 fully saturated rings. The second-order valence-electron chi connectivity index (χ2n) is 2.85. The van der Waals surface area contributed by atoms with Gasteiger partial charge in [-0.15, -0.1) is 0 Å². The molecule has 0 saturated carbocycles. The summed E-state index contributed by atoms with van der Waals surface area (Å²) in [5.41, 5.74) is 13.3. The third kappa shape index (κ3) is 1.97. The lowest BCUT2D eigenvalue weighted by Crippen LogP contribution is -2.20. The Kier molecular flexibility index (Phi) is 3.09. The van der Waals surface area contributed by atoms with Crippen LogP contribution in [0.3, 0.4) is 0 Å². The molecule has 4 N–H and O–H groups in total. The number of hydrogen-bond acceptors (Lipinski definition) is 2. The van der Waals surface area contributed by atoms with Gasteiger partial charge in [0.25, 0.3) is 0 Å². The van der Waals surface area contributed by atoms with Crippen LogP contribution in [0.2, 0.25) is 5.02 Å². The number of halogens is 1. The zero-order valence-corrected chi connectivity index (χ0v) is 7.81. The fourth-order valence-corrected chi connectivity index (χ4v) is 1.15. The zero-order chi connectivity index (χ0) is 9.14. The molecule has 1 aromatic carbocycles. The maximum Gasteiger partial charge on any atom is 0.0435 e. The van der Waals surface area contributed by atoms with Crippen molar-refractivity contribution in [2.45, 2.75) is 13.0 Å². The molecule has 1 atom stereocenters. The summed E-state index contributed by atoms with van der Waals surface area (Å²) in [5, 5.41) is 0.767. The van der Waals surface area contributed by atoms with Gasteiger partial charge in [-0.2, -0.15) is 0 Å². The summed E-state index contributed by atoms with van der Waals surface area (Å²) < 4.78 is 0. The molecular weight excluding hydrogens is 172 g/mol. The first-order valence-electron chi connectivity index (χ1n) is 3.87. The first-order valence-corrected chi connectivity index (χ1v) is 4.24. The van der Waals surface area contributed by atoms with Gasteiger partial charge in [-0.1, -0.05) is 23.7 Å². The van der Waals surface area contributed by atoms with Gasteiger partial charge in [0, 0.05) is 17.6 Å². The molecular formula is C9H13ClN2. The van der Waals surface area contributed by atoms with Gasteiger partial charge in [0.2, 0.25) is 0 Å². The van der Waals surface area contributed by atoms with Crippen molar-refractivity contribution in [3.8, 4) is 0 Å². The third-order valence-electron chi connectivity index (χ3n) is 1.86. The molecule has 0 aliphatic carbocycles. The van der Waals surface area contributed by atoms with E-state index in [1.807, 2.05) is 25.1 Å². The van der Waals surface area contributed by atoms with Crippen LogP contribution in [0.4, 0.5) is 0 Å². The van der Waals surface area contributed by atoms with Crippen molar-refractivity contribution in [1.29, 1.82) is 0 Å². The van der Waals surface area contributed by atoms with Gasteiger partial charge in [0.1, 0.15) is 0 Å². The molecule has 0 aliphatic rings. The summed E-state index contributed by atoms with van der Waals surface area (Å²) >= 11 is 5.86. The number of hydrogen-bond donors (Lipinski definition) is 2. The van der Waals surface area contributed by atoms with Crippen LogP contribution >= 0.6 is 11.6 Å². The Morgan fingerprint density at radius 1 is 1.50 bits per heavy atom. The minimum absolute atomic E-state index is 0.0824. The van der Waals surface area contributed by atoms with Crippen molar-refractivity contribution in [3.05, 3.63) is 34.3 Å². The van der Waals surface area contributed by atoms with E-state index in [4.69, 9.17) is 23.1 Å². The Bertz CT molecular complexity index is 273. The summed E-state index contributed by atoms with van der Waals surface area (Å²) in [4.78, 5) is 0. The van der Waals surface area contributed by atoms with E-state index in [9.17, 15) is 0 Å². The Hall–Kier alpha value is -0.570. The lowest BCUT2D eigenvalue weighted by molar-refractivity contribution is 0.736. The fourth-order valence-electron chi connectivity index (χ4n) is 1.03. The molecule has 1 aromatic rings. The van der Waals surface area contributed by atoms with Gasteiger partial charge in [-0.05, 0) is 24.1 Å². The van der Waals surface area contributed by atoms with Crippen LogP contribution in [-0.2, 0) is 0 Å². The first-order chi connectivity index (χ1) is 5.65. The highest BCUT2D eigenvalue weighted by Crippen LogP contribution is 2.18. The average Bonchev–Trinajstić information content (AvgIpc) is 2.08. The van der Waals surface area contributed by atoms with Crippen LogP contribution in [-0.4, -0.2) is 6.54 Å². The zero-order valence-electron chi connectivity index (χ0n) is 7.05. The topological polar surface area (TPSA) is 52.0 Å². The van der Waals surface area contributed by atoms with E-state index in [1.54, 1.807) is 0 Å². The molecule has 0 aliphatic heterocycles. The predicted molar refractivity (Wildman–Crippen MR) is 52.2 cm³/mol. The van der Waals surface area contributed by atoms with Crippen LogP contribution in [0, 0.1) is 6.92 Å². The van der Waals surface area contributed by atoms with Crippen LogP contribution < -0.4 is 11.5 Å². The summed E-state index contributed by atoms with van der Waals surface area (Å²) in [6.07, 6.45) is 0. The number of benzene rings is 1. The Morgan fingerprint density at radius 3 is 2.67 bits per heavy atom. The van der Waals surface area contributed by atoms with E-state index in [0.29, 0.717) is 6.54 Å². The van der Waals surface area contributed by atoms with Crippen molar-refractivity contribution in [2.75, 3.05) is 6.54 Å². The number of rotatable bonds is 2. The summed E-state index contributed by atoms with van der Waals surface area (Å²) in [7, 11) is 0. The molecule has 0 heterocycles. The molecule has 1 rings (SSSR count). The lowest BCUT2D eigenvalue weighted by Gasteiger charge is -2.09. The van der Waals surface area contributed by atoms with Gasteiger partial charge in [-0.3, -0.25) is 0 Å². The van der Waals surface area contributed by atoms with Gasteiger partial charge < -0.3 is 11.5 Å². The molecule has 0 bridgehead atoms. The quantitative estimate of drug-likeness (QED) is 0.734. The number of aryl methyl sites for hydroxylation is 1. The van der Waals surface area contributed by atoms with Crippen molar-refractivity contribution >= 4 is 11.6 Å². The maximum absolute atomic E-state index is 5.86. The highest BCUT2D eigenvalue weighted by atomic mass is 35.5. The van der Waals surface area contributed by atoms with Gasteiger partial charge in [-0.25, -0.2) is 0 Å². The summed E-state index contributed by atoms with van der Waals surface area (Å²) in [6.45, 7) is 2.41. The third-order valence-corrected chi connectivity index (χ3v) is 2.29. The monoisotopic (exact) mass is 184 g/mol. The predicted octanol–water partition coefficient (Wildman–Crippen LogP) is 1.61. The summed E-state index contributed by atoms with van der Waals surface area (Å²) in [6, 6.07) is 5.65. The van der Waals surface area contributed by atoms with Crippen molar-refractivity contribution in [2.24, 2.45) is 11.5 Å². The van der Waals surface area contributed by atoms with Gasteiger partial charge in [0.05, 0.1) is 0 Å². The van der Waals surface area contributed by atoms with Crippen LogP contribution in [0.5, 0.6) is 0 Å². The van der Waals surface area contributed by atoms with Gasteiger partial charge >= 0.3 is 0 Å². The first kappa shape index (κ1) is 9.52. The highest BCUT2D eigenvalue weighted by Gasteiger charge is 2.04. The minimum atomic E-state index is -0.0824. The lowest BCUT2D eigenvalue weighted by atomic mass is 10.1. The van der Waals surface area contributed by atoms with E-state index < -0.39 is 0 Å². The second-order valence-corrected chi connectivity index (χ2v) is 3.26. The molecule has 0 aromatic heterocycles. The normalized spacial score (nSPS) is 13.0. The van der Waals surface area contributed by atoms with Gasteiger partial charge in [0.15, 0.2) is 0 Å². The van der Waals surface area contributed by atoms with Crippen LogP contribution in [0.15, 0.2) is 18.2 Å². The molecule has 3 heteroatoms. The fraction of sp³-hybridized carbons (Fsp3) is 0.333. The van der Waals surface area contributed by atoms with E-state index in [0.717, 1.165) is 16.1 Å². The molecule has 0 amide bonds. The van der Waals surface area contributed by atoms with Crippen molar-refractivity contribution < 1.29 is 0 Å². The molecule has 0 saturated heterocycles. The van der Waals surface area contributed by atoms with E-state index in [1.165, 1.54) is 0 Å². The maximum atomic E-state index is 5.86. The molecule has 0 radical (unpaired) electrons. The largest absolute Gasteiger partial charge is 0.329 e. The minimum Gasteiger partial charge on any atom is -0.329 e. The van der Waals surface area contributed by atoms with Crippen LogP contribution in [0.1, 0.15) is 17.2 Å². The van der Waals surface area contributed by atoms with E-state index in [2.05, 4.69) is 0 Å². The van der Waals surface area contributed by atoms with E-state index >= 15 is 0 Å². The SMILES string of the molecule is Cc1cc([C@H](N)CN)ccc1Cl. The molecule has 2 nitrogen and oxygen atoms in total. The Labute approximate surface area is 77.5 Å². The standard InChI is InChI=1S/C9H13ClN2/c1-6-4-7(9(12)5-11)2-3-8(6)10/h2-4,9H,5,11-12H2,1H3/t9-/m1/s1. The van der Waals surface area contributed by atoms with Crippen LogP contribution in [0.25, 0.3) is 0 Å². The smallest absolute Gasteiger partial charge is 0.0435 e. The van der Waals surface area contributed by atoms with Crippen molar-refractivity contribution in [1.82, 2.24) is 0 Å². The van der Waals surface area contributed by atoms with Crippen molar-refractivity contribution in [3.63, 3.8) is 0 Å². The molecule has 12 heavy (non-hydrogen) atoms. The Balaban J connectivity index is 2.96. The summed E-state index contributed by atoms with van der Waals surface area (Å²) in [5.74, 6) is 0. The van der Waals surface area contributed by atoms with E-state index in [-0.39, 0.29) is 6.04 Å². The Morgan fingerprint density at radius 2 is 2.17 bits per heavy atom.